The molecule has 2 atom stereocenters. The van der Waals surface area contributed by atoms with Gasteiger partial charge in [0.1, 0.15) is 5.75 Å². The molecule has 0 saturated heterocycles. The van der Waals surface area contributed by atoms with Crippen molar-refractivity contribution in [3.05, 3.63) is 90.0 Å². The van der Waals surface area contributed by atoms with Crippen LogP contribution in [0.3, 0.4) is 0 Å². The maximum absolute atomic E-state index is 12.4. The summed E-state index contributed by atoms with van der Waals surface area (Å²) in [4.78, 5) is 12.4. The number of carbonyl (C=O) groups is 1. The molecule has 0 radical (unpaired) electrons. The first-order valence-electron chi connectivity index (χ1n) is 9.89. The molecule has 0 aliphatic rings. The van der Waals surface area contributed by atoms with Gasteiger partial charge >= 0.3 is 0 Å². The number of rotatable bonds is 8. The lowest BCUT2D eigenvalue weighted by Gasteiger charge is -2.20. The van der Waals surface area contributed by atoms with Gasteiger partial charge in [-0.25, -0.2) is 0 Å². The first-order valence-corrected chi connectivity index (χ1v) is 9.89. The number of hydrogen-bond acceptors (Lipinski definition) is 3. The molecule has 0 unspecified atom stereocenters. The van der Waals surface area contributed by atoms with Crippen molar-refractivity contribution >= 4 is 5.91 Å². The highest BCUT2D eigenvalue weighted by Gasteiger charge is 2.16. The van der Waals surface area contributed by atoms with Gasteiger partial charge in [0.2, 0.25) is 5.91 Å². The number of carbonyl (C=O) groups excluding carboxylic acids is 1. The number of methoxy groups -OCH3 is 1. The Kier molecular flexibility index (Phi) is 7.04. The van der Waals surface area contributed by atoms with Gasteiger partial charge in [-0.1, -0.05) is 66.7 Å². The van der Waals surface area contributed by atoms with Crippen LogP contribution in [0.2, 0.25) is 0 Å². The van der Waals surface area contributed by atoms with Crippen LogP contribution in [0.25, 0.3) is 11.1 Å². The molecule has 4 nitrogen and oxygen atoms in total. The predicted molar refractivity (Wildman–Crippen MR) is 118 cm³/mol. The lowest BCUT2D eigenvalue weighted by molar-refractivity contribution is -0.123. The van der Waals surface area contributed by atoms with E-state index in [1.54, 1.807) is 7.11 Å². The molecule has 0 aliphatic carbocycles. The largest absolute Gasteiger partial charge is 0.497 e. The molecule has 29 heavy (non-hydrogen) atoms. The van der Waals surface area contributed by atoms with Gasteiger partial charge in [0.05, 0.1) is 13.2 Å². The number of benzene rings is 3. The van der Waals surface area contributed by atoms with E-state index in [0.29, 0.717) is 6.54 Å². The second-order valence-electron chi connectivity index (χ2n) is 7.16. The summed E-state index contributed by atoms with van der Waals surface area (Å²) in [6, 6.07) is 26.2. The van der Waals surface area contributed by atoms with Crippen LogP contribution in [0.5, 0.6) is 5.75 Å². The van der Waals surface area contributed by atoms with Gasteiger partial charge in [0.15, 0.2) is 0 Å². The summed E-state index contributed by atoms with van der Waals surface area (Å²) in [6.07, 6.45) is 0. The zero-order chi connectivity index (χ0) is 20.6. The maximum Gasteiger partial charge on any atom is 0.237 e. The maximum atomic E-state index is 12.4. The summed E-state index contributed by atoms with van der Waals surface area (Å²) in [5.41, 5.74) is 4.58. The van der Waals surface area contributed by atoms with E-state index in [9.17, 15) is 4.79 Å². The molecule has 0 heterocycles. The molecule has 0 saturated carbocycles. The minimum atomic E-state index is -0.294. The van der Waals surface area contributed by atoms with E-state index in [2.05, 4.69) is 54.0 Å². The van der Waals surface area contributed by atoms with Gasteiger partial charge in [0, 0.05) is 12.6 Å². The van der Waals surface area contributed by atoms with Crippen LogP contribution in [0.4, 0.5) is 0 Å². The molecule has 0 fully saturated rings. The number of ether oxygens (including phenoxy) is 1. The first kappa shape index (κ1) is 20.6. The Morgan fingerprint density at radius 1 is 0.862 bits per heavy atom. The molecule has 2 N–H and O–H groups in total. The fraction of sp³-hybridized carbons (Fsp3) is 0.240. The summed E-state index contributed by atoms with van der Waals surface area (Å²) < 4.78 is 5.15. The molecule has 4 heteroatoms. The van der Waals surface area contributed by atoms with Crippen molar-refractivity contribution in [3.8, 4) is 16.9 Å². The highest BCUT2D eigenvalue weighted by molar-refractivity contribution is 5.81. The van der Waals surface area contributed by atoms with E-state index in [1.807, 2.05) is 49.4 Å². The minimum Gasteiger partial charge on any atom is -0.497 e. The smallest absolute Gasteiger partial charge is 0.237 e. The van der Waals surface area contributed by atoms with E-state index in [1.165, 1.54) is 11.1 Å². The topological polar surface area (TPSA) is 50.4 Å². The van der Waals surface area contributed by atoms with Crippen molar-refractivity contribution in [3.63, 3.8) is 0 Å². The van der Waals surface area contributed by atoms with Gasteiger partial charge in [0.25, 0.3) is 0 Å². The zero-order valence-electron chi connectivity index (χ0n) is 17.2. The average molecular weight is 389 g/mol. The van der Waals surface area contributed by atoms with E-state index >= 15 is 0 Å². The molecule has 0 aliphatic heterocycles. The quantitative estimate of drug-likeness (QED) is 0.587. The number of nitrogens with one attached hydrogen (secondary N) is 2. The van der Waals surface area contributed by atoms with Crippen molar-refractivity contribution in [1.82, 2.24) is 10.6 Å². The van der Waals surface area contributed by atoms with E-state index < -0.39 is 0 Å². The third-order valence-corrected chi connectivity index (χ3v) is 5.04. The first-order chi connectivity index (χ1) is 14.1. The number of hydrogen-bond donors (Lipinski definition) is 2. The van der Waals surface area contributed by atoms with Crippen molar-refractivity contribution in [1.29, 1.82) is 0 Å². The Bertz CT molecular complexity index is 906. The van der Waals surface area contributed by atoms with Gasteiger partial charge in [-0.15, -0.1) is 0 Å². The molecule has 1 amide bonds. The second-order valence-corrected chi connectivity index (χ2v) is 7.16. The molecule has 0 aromatic heterocycles. The molecule has 3 aromatic rings. The molecule has 0 bridgehead atoms. The fourth-order valence-electron chi connectivity index (χ4n) is 3.23. The van der Waals surface area contributed by atoms with Crippen LogP contribution >= 0.6 is 0 Å². The van der Waals surface area contributed by atoms with Crippen LogP contribution in [-0.2, 0) is 11.3 Å². The standard InChI is InChI=1S/C25H28N2O2/c1-18(21-11-13-23(14-12-21)22-7-5-4-6-8-22)27-19(2)25(28)26-17-20-9-15-24(29-3)16-10-20/h4-16,18-19,27H,17H2,1-3H3,(H,26,28)/t18-,19+/m1/s1. The van der Waals surface area contributed by atoms with Gasteiger partial charge in [-0.05, 0) is 48.2 Å². The van der Waals surface area contributed by atoms with E-state index in [-0.39, 0.29) is 18.0 Å². The Balaban J connectivity index is 1.52. The summed E-state index contributed by atoms with van der Waals surface area (Å²) in [5, 5.41) is 6.36. The van der Waals surface area contributed by atoms with Gasteiger partial charge in [-0.2, -0.15) is 0 Å². The molecule has 3 aromatic carbocycles. The summed E-state index contributed by atoms with van der Waals surface area (Å²) >= 11 is 0. The molecular weight excluding hydrogens is 360 g/mol. The summed E-state index contributed by atoms with van der Waals surface area (Å²) in [7, 11) is 1.64. The molecule has 0 spiro atoms. The lowest BCUT2D eigenvalue weighted by atomic mass is 10.0. The molecule has 3 rings (SSSR count). The Hall–Kier alpha value is -3.11. The molecule has 150 valence electrons. The monoisotopic (exact) mass is 388 g/mol. The third-order valence-electron chi connectivity index (χ3n) is 5.04. The Morgan fingerprint density at radius 3 is 2.10 bits per heavy atom. The summed E-state index contributed by atoms with van der Waals surface area (Å²) in [6.45, 7) is 4.46. The van der Waals surface area contributed by atoms with Crippen LogP contribution in [0.1, 0.15) is 31.0 Å². The normalized spacial score (nSPS) is 12.8. The van der Waals surface area contributed by atoms with Crippen molar-refractivity contribution in [2.45, 2.75) is 32.5 Å². The van der Waals surface area contributed by atoms with Crippen molar-refractivity contribution in [2.75, 3.05) is 7.11 Å². The fourth-order valence-corrected chi connectivity index (χ4v) is 3.23. The van der Waals surface area contributed by atoms with Crippen LogP contribution < -0.4 is 15.4 Å². The zero-order valence-corrected chi connectivity index (χ0v) is 17.2. The summed E-state index contributed by atoms with van der Waals surface area (Å²) in [5.74, 6) is 0.788. The highest BCUT2D eigenvalue weighted by Crippen LogP contribution is 2.22. The molecular formula is C25H28N2O2. The van der Waals surface area contributed by atoms with Crippen LogP contribution in [0, 0.1) is 0 Å². The van der Waals surface area contributed by atoms with Gasteiger partial charge in [-0.3, -0.25) is 10.1 Å². The van der Waals surface area contributed by atoms with Crippen molar-refractivity contribution in [2.24, 2.45) is 0 Å². The van der Waals surface area contributed by atoms with E-state index in [4.69, 9.17) is 4.74 Å². The average Bonchev–Trinajstić information content (AvgIpc) is 2.78. The minimum absolute atomic E-state index is 0.0198. The third kappa shape index (κ3) is 5.69. The highest BCUT2D eigenvalue weighted by atomic mass is 16.5. The van der Waals surface area contributed by atoms with Crippen LogP contribution in [-0.4, -0.2) is 19.1 Å². The van der Waals surface area contributed by atoms with Gasteiger partial charge < -0.3 is 10.1 Å². The van der Waals surface area contributed by atoms with Crippen LogP contribution in [0.15, 0.2) is 78.9 Å². The Morgan fingerprint density at radius 2 is 1.48 bits per heavy atom. The lowest BCUT2D eigenvalue weighted by Crippen LogP contribution is -2.42. The van der Waals surface area contributed by atoms with Crippen molar-refractivity contribution < 1.29 is 9.53 Å². The second kappa shape index (κ2) is 9.89. The SMILES string of the molecule is COc1ccc(CNC(=O)[C@H](C)N[C@H](C)c2ccc(-c3ccccc3)cc2)cc1. The predicted octanol–water partition coefficient (Wildman–Crippen LogP) is 4.72. The Labute approximate surface area is 172 Å². The number of amides is 1. The van der Waals surface area contributed by atoms with E-state index in [0.717, 1.165) is 16.9 Å².